The van der Waals surface area contributed by atoms with Crippen molar-refractivity contribution >= 4 is 34.9 Å². The van der Waals surface area contributed by atoms with Gasteiger partial charge in [-0.1, -0.05) is 17.7 Å². The van der Waals surface area contributed by atoms with Crippen LogP contribution in [0.25, 0.3) is 0 Å². The summed E-state index contributed by atoms with van der Waals surface area (Å²) in [6.45, 7) is 5.83. The average molecular weight is 439 g/mol. The zero-order valence-electron chi connectivity index (χ0n) is 16.8. The van der Waals surface area contributed by atoms with Crippen LogP contribution in [-0.2, 0) is 4.74 Å². The molecule has 0 radical (unpaired) electrons. The summed E-state index contributed by atoms with van der Waals surface area (Å²) >= 11 is 7.48. The summed E-state index contributed by atoms with van der Waals surface area (Å²) in [5.74, 6) is -0.0444. The van der Waals surface area contributed by atoms with Crippen LogP contribution < -0.4 is 10.6 Å². The number of halogens is 2. The predicted molar refractivity (Wildman–Crippen MR) is 113 cm³/mol. The highest BCUT2D eigenvalue weighted by Crippen LogP contribution is 2.44. The lowest BCUT2D eigenvalue weighted by molar-refractivity contribution is 0.0531. The third kappa shape index (κ3) is 4.87. The zero-order valence-corrected chi connectivity index (χ0v) is 18.3. The minimum Gasteiger partial charge on any atom is -0.462 e. The van der Waals surface area contributed by atoms with Gasteiger partial charge in [-0.05, 0) is 39.3 Å². The molecule has 9 heteroatoms. The molecule has 0 aliphatic heterocycles. The minimum absolute atomic E-state index is 0.00933. The van der Waals surface area contributed by atoms with E-state index < -0.39 is 0 Å². The number of thiazole rings is 1. The molecule has 156 valence electrons. The number of guanidine groups is 1. The fraction of sp³-hybridized carbons (Fsp3) is 0.450. The number of hydrogen-bond acceptors (Lipinski definition) is 5. The number of hydrogen-bond donors (Lipinski definition) is 2. The minimum atomic E-state index is -0.356. The van der Waals surface area contributed by atoms with Gasteiger partial charge in [0.25, 0.3) is 0 Å². The number of aromatic nitrogens is 1. The van der Waals surface area contributed by atoms with Crippen molar-refractivity contribution in [3.8, 4) is 0 Å². The van der Waals surface area contributed by atoms with E-state index in [9.17, 15) is 9.18 Å². The molecule has 1 heterocycles. The van der Waals surface area contributed by atoms with Crippen molar-refractivity contribution in [3.63, 3.8) is 0 Å². The number of aryl methyl sites for hydroxylation is 1. The van der Waals surface area contributed by atoms with E-state index in [1.54, 1.807) is 33.0 Å². The molecule has 1 aliphatic rings. The summed E-state index contributed by atoms with van der Waals surface area (Å²) in [5.41, 5.74) is 1.20. The van der Waals surface area contributed by atoms with Crippen LogP contribution >= 0.6 is 22.9 Å². The van der Waals surface area contributed by atoms with E-state index in [2.05, 4.69) is 20.6 Å². The van der Waals surface area contributed by atoms with Gasteiger partial charge in [-0.15, -0.1) is 11.3 Å². The maximum Gasteiger partial charge on any atom is 0.350 e. The molecular formula is C20H24ClFN4O2S. The summed E-state index contributed by atoms with van der Waals surface area (Å²) in [5, 5.41) is 7.79. The molecule has 3 rings (SSSR count). The van der Waals surface area contributed by atoms with Gasteiger partial charge in [-0.3, -0.25) is 4.99 Å². The number of aliphatic imine (C=N–C) groups is 1. The Kier molecular flexibility index (Phi) is 6.74. The van der Waals surface area contributed by atoms with Crippen molar-refractivity contribution in [2.24, 2.45) is 4.99 Å². The Hall–Kier alpha value is -2.19. The molecule has 1 aromatic heterocycles. The fourth-order valence-electron chi connectivity index (χ4n) is 3.14. The van der Waals surface area contributed by atoms with Crippen LogP contribution in [0.5, 0.6) is 0 Å². The molecule has 0 amide bonds. The van der Waals surface area contributed by atoms with Crippen molar-refractivity contribution in [1.82, 2.24) is 15.6 Å². The SMILES string of the molecule is CCOC(=O)c1sc(C(C)NC(=NC)NC2CC2c2c(F)cccc2Cl)nc1C. The third-order valence-corrected chi connectivity index (χ3v) is 6.35. The second kappa shape index (κ2) is 9.09. The number of carbonyl (C=O) groups excluding carboxylic acids is 1. The third-order valence-electron chi connectivity index (χ3n) is 4.70. The van der Waals surface area contributed by atoms with Gasteiger partial charge in [-0.2, -0.15) is 0 Å². The van der Waals surface area contributed by atoms with E-state index in [0.717, 1.165) is 11.4 Å². The first kappa shape index (κ1) is 21.5. The summed E-state index contributed by atoms with van der Waals surface area (Å²) in [7, 11) is 1.67. The molecule has 1 aromatic carbocycles. The van der Waals surface area contributed by atoms with E-state index in [1.165, 1.54) is 17.4 Å². The maximum absolute atomic E-state index is 14.1. The van der Waals surface area contributed by atoms with Gasteiger partial charge < -0.3 is 15.4 Å². The summed E-state index contributed by atoms with van der Waals surface area (Å²) < 4.78 is 19.2. The monoisotopic (exact) mass is 438 g/mol. The summed E-state index contributed by atoms with van der Waals surface area (Å²) in [6.07, 6.45) is 0.777. The average Bonchev–Trinajstić information content (AvgIpc) is 3.30. The summed E-state index contributed by atoms with van der Waals surface area (Å²) in [6, 6.07) is 4.63. The molecule has 1 aliphatic carbocycles. The maximum atomic E-state index is 14.1. The van der Waals surface area contributed by atoms with Crippen molar-refractivity contribution in [3.05, 3.63) is 50.2 Å². The molecule has 1 saturated carbocycles. The van der Waals surface area contributed by atoms with Gasteiger partial charge in [-0.25, -0.2) is 14.2 Å². The number of nitrogens with one attached hydrogen (secondary N) is 2. The Morgan fingerprint density at radius 2 is 2.28 bits per heavy atom. The number of ether oxygens (including phenoxy) is 1. The van der Waals surface area contributed by atoms with Crippen LogP contribution in [0.2, 0.25) is 5.02 Å². The molecule has 6 nitrogen and oxygen atoms in total. The van der Waals surface area contributed by atoms with E-state index in [1.807, 2.05) is 6.92 Å². The van der Waals surface area contributed by atoms with Crippen molar-refractivity contribution in [1.29, 1.82) is 0 Å². The molecule has 0 spiro atoms. The largest absolute Gasteiger partial charge is 0.462 e. The molecule has 3 atom stereocenters. The van der Waals surface area contributed by atoms with Crippen LogP contribution in [0.1, 0.15) is 58.2 Å². The first-order valence-electron chi connectivity index (χ1n) is 9.43. The molecule has 0 bridgehead atoms. The standard InChI is InChI=1S/C20H24ClFN4O2S/c1-5-28-19(27)17-10(2)24-18(29-17)11(3)25-20(23-4)26-15-9-12(15)16-13(21)7-6-8-14(16)22/h6-8,11-12,15H,5,9H2,1-4H3,(H2,23,25,26). The van der Waals surface area contributed by atoms with Crippen molar-refractivity contribution < 1.29 is 13.9 Å². The molecule has 29 heavy (non-hydrogen) atoms. The first-order valence-corrected chi connectivity index (χ1v) is 10.6. The molecule has 0 saturated heterocycles. The van der Waals surface area contributed by atoms with Gasteiger partial charge in [0.1, 0.15) is 15.7 Å². The quantitative estimate of drug-likeness (QED) is 0.401. The lowest BCUT2D eigenvalue weighted by Crippen LogP contribution is -2.40. The fourth-order valence-corrected chi connectivity index (χ4v) is 4.41. The molecule has 2 N–H and O–H groups in total. The Balaban J connectivity index is 1.63. The van der Waals surface area contributed by atoms with Gasteiger partial charge >= 0.3 is 5.97 Å². The van der Waals surface area contributed by atoms with Gasteiger partial charge in [0.2, 0.25) is 0 Å². The Labute approximate surface area is 178 Å². The van der Waals surface area contributed by atoms with Crippen molar-refractivity contribution in [2.75, 3.05) is 13.7 Å². The molecule has 2 aromatic rings. The van der Waals surface area contributed by atoms with Crippen molar-refractivity contribution in [2.45, 2.75) is 45.2 Å². The van der Waals surface area contributed by atoms with Gasteiger partial charge in [0.05, 0.1) is 18.3 Å². The summed E-state index contributed by atoms with van der Waals surface area (Å²) in [4.78, 5) is 21.3. The van der Waals surface area contributed by atoms with Gasteiger partial charge in [0.15, 0.2) is 5.96 Å². The topological polar surface area (TPSA) is 75.6 Å². The van der Waals surface area contributed by atoms with Crippen LogP contribution in [0.4, 0.5) is 4.39 Å². The number of nitrogens with zero attached hydrogens (tertiary/aromatic N) is 2. The highest BCUT2D eigenvalue weighted by atomic mass is 35.5. The Morgan fingerprint density at radius 1 is 1.52 bits per heavy atom. The molecule has 1 fully saturated rings. The lowest BCUT2D eigenvalue weighted by atomic mass is 10.1. The number of rotatable bonds is 6. The van der Waals surface area contributed by atoms with Crippen LogP contribution in [0.15, 0.2) is 23.2 Å². The predicted octanol–water partition coefficient (Wildman–Crippen LogP) is 4.20. The highest BCUT2D eigenvalue weighted by Gasteiger charge is 2.42. The number of benzene rings is 1. The molecular weight excluding hydrogens is 415 g/mol. The van der Waals surface area contributed by atoms with Crippen LogP contribution in [0.3, 0.4) is 0 Å². The second-order valence-corrected chi connectivity index (χ2v) is 8.29. The van der Waals surface area contributed by atoms with E-state index >= 15 is 0 Å². The Bertz CT molecular complexity index is 913. The normalized spacial score (nSPS) is 19.6. The first-order chi connectivity index (χ1) is 13.8. The highest BCUT2D eigenvalue weighted by molar-refractivity contribution is 7.13. The zero-order chi connectivity index (χ0) is 21.1. The molecule has 3 unspecified atom stereocenters. The lowest BCUT2D eigenvalue weighted by Gasteiger charge is -2.16. The van der Waals surface area contributed by atoms with Crippen LogP contribution in [-0.4, -0.2) is 36.6 Å². The van der Waals surface area contributed by atoms with E-state index in [4.69, 9.17) is 16.3 Å². The van der Waals surface area contributed by atoms with E-state index in [-0.39, 0.29) is 29.8 Å². The van der Waals surface area contributed by atoms with E-state index in [0.29, 0.717) is 33.7 Å². The van der Waals surface area contributed by atoms with Crippen LogP contribution in [0, 0.1) is 12.7 Å². The van der Waals surface area contributed by atoms with Gasteiger partial charge in [0, 0.05) is 29.6 Å². The smallest absolute Gasteiger partial charge is 0.350 e. The number of esters is 1. The second-order valence-electron chi connectivity index (χ2n) is 6.85. The Morgan fingerprint density at radius 3 is 2.93 bits per heavy atom. The number of carbonyl (C=O) groups is 1.